The van der Waals surface area contributed by atoms with Crippen LogP contribution in [-0.2, 0) is 16.6 Å². The summed E-state index contributed by atoms with van der Waals surface area (Å²) in [6.07, 6.45) is 5.13. The van der Waals surface area contributed by atoms with E-state index in [1.165, 1.54) is 41.0 Å². The van der Waals surface area contributed by atoms with Gasteiger partial charge in [0.05, 0.1) is 15.1 Å². The summed E-state index contributed by atoms with van der Waals surface area (Å²) in [5.74, 6) is -0.370. The van der Waals surface area contributed by atoms with Crippen molar-refractivity contribution in [2.24, 2.45) is 4.99 Å². The molecule has 0 unspecified atom stereocenters. The molecule has 1 fully saturated rings. The molecule has 1 saturated carbocycles. The predicted molar refractivity (Wildman–Crippen MR) is 138 cm³/mol. The van der Waals surface area contributed by atoms with Gasteiger partial charge < -0.3 is 4.57 Å². The fraction of sp³-hybridized carbons (Fsp3) is 0.462. The topological polar surface area (TPSA) is 71.7 Å². The zero-order valence-corrected chi connectivity index (χ0v) is 22.0. The van der Waals surface area contributed by atoms with E-state index < -0.39 is 10.0 Å². The summed E-state index contributed by atoms with van der Waals surface area (Å²) in [5.41, 5.74) is 3.87. The van der Waals surface area contributed by atoms with Gasteiger partial charge in [-0.05, 0) is 81.1 Å². The van der Waals surface area contributed by atoms with Gasteiger partial charge in [0, 0.05) is 24.7 Å². The van der Waals surface area contributed by atoms with Crippen molar-refractivity contribution < 1.29 is 13.2 Å². The maximum absolute atomic E-state index is 13.3. The molecule has 4 rings (SSSR count). The number of thiazole rings is 1. The Morgan fingerprint density at radius 1 is 1.06 bits per heavy atom. The van der Waals surface area contributed by atoms with Crippen LogP contribution in [0.15, 0.2) is 46.3 Å². The third kappa shape index (κ3) is 4.76. The number of carbonyl (C=O) groups is 1. The molecule has 1 aromatic heterocycles. The summed E-state index contributed by atoms with van der Waals surface area (Å²) in [6.45, 7) is 9.25. The molecule has 0 bridgehead atoms. The molecular formula is C26H33N3O3S2. The Morgan fingerprint density at radius 2 is 1.71 bits per heavy atom. The third-order valence-electron chi connectivity index (χ3n) is 6.81. The first kappa shape index (κ1) is 24.8. The molecule has 0 saturated heterocycles. The largest absolute Gasteiger partial charge is 0.317 e. The number of aromatic nitrogens is 1. The first-order valence-electron chi connectivity index (χ1n) is 12.1. The van der Waals surface area contributed by atoms with E-state index in [0.29, 0.717) is 23.5 Å². The van der Waals surface area contributed by atoms with Crippen LogP contribution in [0, 0.1) is 13.8 Å². The van der Waals surface area contributed by atoms with E-state index in [0.717, 1.165) is 35.9 Å². The maximum atomic E-state index is 13.3. The molecule has 6 nitrogen and oxygen atoms in total. The number of carbonyl (C=O) groups excluding carboxylic acids is 1. The van der Waals surface area contributed by atoms with Crippen molar-refractivity contribution in [1.29, 1.82) is 0 Å². The number of benzene rings is 2. The number of hydrogen-bond acceptors (Lipinski definition) is 4. The molecular weight excluding hydrogens is 466 g/mol. The molecule has 182 valence electrons. The minimum atomic E-state index is -3.60. The van der Waals surface area contributed by atoms with Crippen molar-refractivity contribution in [3.8, 4) is 0 Å². The van der Waals surface area contributed by atoms with Gasteiger partial charge >= 0.3 is 0 Å². The van der Waals surface area contributed by atoms with Crippen LogP contribution >= 0.6 is 11.3 Å². The Balaban J connectivity index is 1.63. The van der Waals surface area contributed by atoms with Crippen molar-refractivity contribution in [1.82, 2.24) is 8.87 Å². The third-order valence-corrected chi connectivity index (χ3v) is 9.90. The highest BCUT2D eigenvalue weighted by Gasteiger charge is 2.31. The van der Waals surface area contributed by atoms with E-state index in [1.807, 2.05) is 18.4 Å². The molecule has 1 heterocycles. The van der Waals surface area contributed by atoms with Crippen LogP contribution in [0.3, 0.4) is 0 Å². The first-order chi connectivity index (χ1) is 16.3. The highest BCUT2D eigenvalue weighted by Crippen LogP contribution is 2.28. The fourth-order valence-corrected chi connectivity index (χ4v) is 7.63. The summed E-state index contributed by atoms with van der Waals surface area (Å²) >= 11 is 1.50. The lowest BCUT2D eigenvalue weighted by Crippen LogP contribution is -2.41. The minimum Gasteiger partial charge on any atom is -0.317 e. The second kappa shape index (κ2) is 10.1. The quantitative estimate of drug-likeness (QED) is 0.454. The first-order valence-corrected chi connectivity index (χ1v) is 14.3. The lowest BCUT2D eigenvalue weighted by Gasteiger charge is -2.32. The lowest BCUT2D eigenvalue weighted by atomic mass is 9.95. The van der Waals surface area contributed by atoms with E-state index >= 15 is 0 Å². The standard InChI is InChI=1S/C26H33N3O3S2/c1-5-28-23-16-18(3)19(4)17-24(23)33-26(28)27-25(30)20-12-14-22(15-13-20)34(31,32)29(6-2)21-10-8-7-9-11-21/h12-17,21H,5-11H2,1-4H3. The van der Waals surface area contributed by atoms with Crippen molar-refractivity contribution in [3.05, 3.63) is 57.9 Å². The summed E-state index contributed by atoms with van der Waals surface area (Å²) in [4.78, 5) is 18.2. The van der Waals surface area contributed by atoms with Gasteiger partial charge in [-0.15, -0.1) is 0 Å². The second-order valence-corrected chi connectivity index (χ2v) is 11.9. The second-order valence-electron chi connectivity index (χ2n) is 8.97. The molecule has 0 N–H and O–H groups in total. The van der Waals surface area contributed by atoms with Gasteiger partial charge in [-0.2, -0.15) is 9.30 Å². The van der Waals surface area contributed by atoms with Crippen molar-refractivity contribution >= 4 is 37.5 Å². The molecule has 2 aromatic carbocycles. The number of hydrogen-bond donors (Lipinski definition) is 0. The molecule has 3 aromatic rings. The molecule has 1 aliphatic rings. The molecule has 1 amide bonds. The molecule has 8 heteroatoms. The van der Waals surface area contributed by atoms with Crippen molar-refractivity contribution in [2.75, 3.05) is 6.54 Å². The molecule has 0 spiro atoms. The van der Waals surface area contributed by atoms with Crippen molar-refractivity contribution in [2.45, 2.75) is 77.3 Å². The Bertz CT molecular complexity index is 1360. The Kier molecular flexibility index (Phi) is 7.40. The van der Waals surface area contributed by atoms with Gasteiger partial charge in [-0.25, -0.2) is 8.42 Å². The number of aryl methyl sites for hydroxylation is 3. The molecule has 0 aliphatic heterocycles. The average molecular weight is 500 g/mol. The van der Waals surface area contributed by atoms with Crippen LogP contribution in [-0.4, -0.2) is 35.8 Å². The SMILES string of the molecule is CCN(C1CCCCC1)S(=O)(=O)c1ccc(C(=O)N=c2sc3cc(C)c(C)cc3n2CC)cc1. The maximum Gasteiger partial charge on any atom is 0.279 e. The van der Waals surface area contributed by atoms with E-state index in [9.17, 15) is 13.2 Å². The van der Waals surface area contributed by atoms with Gasteiger partial charge in [-0.3, -0.25) is 4.79 Å². The number of fused-ring (bicyclic) bond motifs is 1. The lowest BCUT2D eigenvalue weighted by molar-refractivity contribution is 0.0997. The van der Waals surface area contributed by atoms with Crippen LogP contribution in [0.4, 0.5) is 0 Å². The van der Waals surface area contributed by atoms with Gasteiger partial charge in [0.25, 0.3) is 5.91 Å². The summed E-state index contributed by atoms with van der Waals surface area (Å²) in [5, 5.41) is 0. The van der Waals surface area contributed by atoms with Gasteiger partial charge in [0.15, 0.2) is 4.80 Å². The van der Waals surface area contributed by atoms with Gasteiger partial charge in [-0.1, -0.05) is 37.5 Å². The molecule has 34 heavy (non-hydrogen) atoms. The normalized spacial score (nSPS) is 16.0. The number of sulfonamides is 1. The van der Waals surface area contributed by atoms with Crippen molar-refractivity contribution in [3.63, 3.8) is 0 Å². The van der Waals surface area contributed by atoms with E-state index in [1.54, 1.807) is 16.4 Å². The Labute approximate surface area is 206 Å². The number of rotatable bonds is 6. The van der Waals surface area contributed by atoms with Crippen LogP contribution < -0.4 is 4.80 Å². The van der Waals surface area contributed by atoms with Gasteiger partial charge in [0.1, 0.15) is 0 Å². The van der Waals surface area contributed by atoms with E-state index in [4.69, 9.17) is 0 Å². The fourth-order valence-electron chi connectivity index (χ4n) is 4.76. The summed E-state index contributed by atoms with van der Waals surface area (Å²) in [6, 6.07) is 10.6. The van der Waals surface area contributed by atoms with Crippen LogP contribution in [0.25, 0.3) is 10.2 Å². The predicted octanol–water partition coefficient (Wildman–Crippen LogP) is 5.42. The van der Waals surface area contributed by atoms with Crippen LogP contribution in [0.1, 0.15) is 67.4 Å². The highest BCUT2D eigenvalue weighted by molar-refractivity contribution is 7.89. The van der Waals surface area contributed by atoms with E-state index in [2.05, 4.69) is 31.0 Å². The molecule has 0 radical (unpaired) electrons. The number of amides is 1. The Hall–Kier alpha value is -2.29. The zero-order chi connectivity index (χ0) is 24.5. The summed E-state index contributed by atoms with van der Waals surface area (Å²) < 4.78 is 31.3. The highest BCUT2D eigenvalue weighted by atomic mass is 32.2. The monoisotopic (exact) mass is 499 g/mol. The molecule has 0 atom stereocenters. The Morgan fingerprint density at radius 3 is 2.32 bits per heavy atom. The van der Waals surface area contributed by atoms with E-state index in [-0.39, 0.29) is 16.8 Å². The van der Waals surface area contributed by atoms with Gasteiger partial charge in [0.2, 0.25) is 10.0 Å². The minimum absolute atomic E-state index is 0.0600. The van der Waals surface area contributed by atoms with Crippen LogP contribution in [0.2, 0.25) is 0 Å². The zero-order valence-electron chi connectivity index (χ0n) is 20.4. The average Bonchev–Trinajstić information content (AvgIpc) is 3.15. The summed E-state index contributed by atoms with van der Waals surface area (Å²) in [7, 11) is -3.60. The van der Waals surface area contributed by atoms with Crippen LogP contribution in [0.5, 0.6) is 0 Å². The smallest absolute Gasteiger partial charge is 0.279 e. The number of nitrogens with zero attached hydrogens (tertiary/aromatic N) is 3. The molecule has 1 aliphatic carbocycles.